The molecule has 0 fully saturated rings. The number of aromatic nitrogens is 1. The average molecular weight is 270 g/mol. The molecular weight excluding hydrogens is 248 g/mol. The SMILES string of the molecule is CCCCc1ccc(Oc2ncccc2C(C)N)cc1. The molecule has 2 aromatic rings. The van der Waals surface area contributed by atoms with E-state index < -0.39 is 0 Å². The van der Waals surface area contributed by atoms with E-state index in [1.807, 2.05) is 31.2 Å². The van der Waals surface area contributed by atoms with Gasteiger partial charge in [-0.3, -0.25) is 0 Å². The standard InChI is InChI=1S/C17H22N2O/c1-3-4-6-14-8-10-15(11-9-14)20-17-16(13(2)18)7-5-12-19-17/h5,7-13H,3-4,6,18H2,1-2H3. The molecule has 3 nitrogen and oxygen atoms in total. The smallest absolute Gasteiger partial charge is 0.223 e. The van der Waals surface area contributed by atoms with Gasteiger partial charge in [0.05, 0.1) is 0 Å². The normalized spacial score (nSPS) is 12.2. The van der Waals surface area contributed by atoms with Crippen LogP contribution in [0.15, 0.2) is 42.6 Å². The third-order valence-corrected chi connectivity index (χ3v) is 3.25. The molecule has 1 aromatic heterocycles. The zero-order chi connectivity index (χ0) is 14.4. The van der Waals surface area contributed by atoms with Crippen LogP contribution in [0.2, 0.25) is 0 Å². The summed E-state index contributed by atoms with van der Waals surface area (Å²) in [6.45, 7) is 4.13. The molecule has 0 saturated heterocycles. The number of unbranched alkanes of at least 4 members (excludes halogenated alkanes) is 1. The lowest BCUT2D eigenvalue weighted by atomic mass is 10.1. The minimum Gasteiger partial charge on any atom is -0.439 e. The molecule has 0 aliphatic heterocycles. The van der Waals surface area contributed by atoms with Gasteiger partial charge in [0, 0.05) is 17.8 Å². The van der Waals surface area contributed by atoms with Crippen molar-refractivity contribution < 1.29 is 4.74 Å². The molecule has 1 unspecified atom stereocenters. The van der Waals surface area contributed by atoms with Gasteiger partial charge in [-0.1, -0.05) is 31.5 Å². The van der Waals surface area contributed by atoms with Crippen molar-refractivity contribution >= 4 is 0 Å². The third-order valence-electron chi connectivity index (χ3n) is 3.25. The lowest BCUT2D eigenvalue weighted by Crippen LogP contribution is -2.07. The minimum atomic E-state index is -0.0949. The average Bonchev–Trinajstić information content (AvgIpc) is 2.47. The maximum absolute atomic E-state index is 5.93. The van der Waals surface area contributed by atoms with Crippen LogP contribution in [-0.2, 0) is 6.42 Å². The first-order chi connectivity index (χ1) is 9.70. The number of nitrogens with two attached hydrogens (primary N) is 1. The highest BCUT2D eigenvalue weighted by molar-refractivity contribution is 5.35. The van der Waals surface area contributed by atoms with E-state index in [1.165, 1.54) is 18.4 Å². The summed E-state index contributed by atoms with van der Waals surface area (Å²) < 4.78 is 5.84. The van der Waals surface area contributed by atoms with Crippen molar-refractivity contribution in [1.29, 1.82) is 0 Å². The number of hydrogen-bond donors (Lipinski definition) is 1. The highest BCUT2D eigenvalue weighted by Crippen LogP contribution is 2.26. The lowest BCUT2D eigenvalue weighted by molar-refractivity contribution is 0.452. The fourth-order valence-corrected chi connectivity index (χ4v) is 2.05. The van der Waals surface area contributed by atoms with Crippen molar-refractivity contribution in [1.82, 2.24) is 4.98 Å². The van der Waals surface area contributed by atoms with E-state index in [-0.39, 0.29) is 6.04 Å². The monoisotopic (exact) mass is 270 g/mol. The fraction of sp³-hybridized carbons (Fsp3) is 0.353. The Morgan fingerprint density at radius 3 is 2.60 bits per heavy atom. The zero-order valence-corrected chi connectivity index (χ0v) is 12.2. The van der Waals surface area contributed by atoms with Crippen molar-refractivity contribution in [2.75, 3.05) is 0 Å². The van der Waals surface area contributed by atoms with E-state index in [9.17, 15) is 0 Å². The zero-order valence-electron chi connectivity index (χ0n) is 12.2. The summed E-state index contributed by atoms with van der Waals surface area (Å²) in [7, 11) is 0. The van der Waals surface area contributed by atoms with Gasteiger partial charge in [-0.15, -0.1) is 0 Å². The van der Waals surface area contributed by atoms with Crippen molar-refractivity contribution in [3.05, 3.63) is 53.7 Å². The Labute approximate surface area is 120 Å². The van der Waals surface area contributed by atoms with Crippen molar-refractivity contribution in [3.8, 4) is 11.6 Å². The minimum absolute atomic E-state index is 0.0949. The van der Waals surface area contributed by atoms with E-state index in [4.69, 9.17) is 10.5 Å². The number of rotatable bonds is 6. The highest BCUT2D eigenvalue weighted by atomic mass is 16.5. The topological polar surface area (TPSA) is 48.1 Å². The van der Waals surface area contributed by atoms with Crippen molar-refractivity contribution in [2.45, 2.75) is 39.2 Å². The van der Waals surface area contributed by atoms with E-state index in [0.29, 0.717) is 5.88 Å². The Morgan fingerprint density at radius 2 is 1.95 bits per heavy atom. The largest absolute Gasteiger partial charge is 0.439 e. The summed E-state index contributed by atoms with van der Waals surface area (Å²) >= 11 is 0. The van der Waals surface area contributed by atoms with Gasteiger partial charge in [0.25, 0.3) is 0 Å². The van der Waals surface area contributed by atoms with Crippen LogP contribution in [0.5, 0.6) is 11.6 Å². The number of nitrogens with zero attached hydrogens (tertiary/aromatic N) is 1. The number of benzene rings is 1. The molecule has 0 bridgehead atoms. The van der Waals surface area contributed by atoms with Crippen molar-refractivity contribution in [3.63, 3.8) is 0 Å². The van der Waals surface area contributed by atoms with E-state index in [0.717, 1.165) is 17.7 Å². The Kier molecular flexibility index (Phi) is 5.13. The predicted molar refractivity (Wildman–Crippen MR) is 82.0 cm³/mol. The summed E-state index contributed by atoms with van der Waals surface area (Å²) in [5.41, 5.74) is 8.19. The maximum Gasteiger partial charge on any atom is 0.223 e. The van der Waals surface area contributed by atoms with Crippen LogP contribution in [0, 0.1) is 0 Å². The Hall–Kier alpha value is -1.87. The first kappa shape index (κ1) is 14.5. The van der Waals surface area contributed by atoms with Crippen molar-refractivity contribution in [2.24, 2.45) is 5.73 Å². The fourth-order valence-electron chi connectivity index (χ4n) is 2.05. The van der Waals surface area contributed by atoms with Gasteiger partial charge in [0.15, 0.2) is 0 Å². The number of hydrogen-bond acceptors (Lipinski definition) is 3. The molecule has 0 amide bonds. The first-order valence-electron chi connectivity index (χ1n) is 7.18. The van der Waals surface area contributed by atoms with Gasteiger partial charge in [0.2, 0.25) is 5.88 Å². The van der Waals surface area contributed by atoms with Crippen LogP contribution in [0.3, 0.4) is 0 Å². The van der Waals surface area contributed by atoms with E-state index in [1.54, 1.807) is 6.20 Å². The molecule has 2 rings (SSSR count). The molecule has 0 saturated carbocycles. The van der Waals surface area contributed by atoms with Gasteiger partial charge in [0.1, 0.15) is 5.75 Å². The second kappa shape index (κ2) is 7.06. The number of ether oxygens (including phenoxy) is 1. The molecule has 0 radical (unpaired) electrons. The lowest BCUT2D eigenvalue weighted by Gasteiger charge is -2.12. The molecular formula is C17H22N2O. The van der Waals surface area contributed by atoms with Gasteiger partial charge >= 0.3 is 0 Å². The Bertz CT molecular complexity index is 535. The molecule has 2 N–H and O–H groups in total. The summed E-state index contributed by atoms with van der Waals surface area (Å²) in [5, 5.41) is 0. The quantitative estimate of drug-likeness (QED) is 0.854. The van der Waals surface area contributed by atoms with E-state index >= 15 is 0 Å². The molecule has 20 heavy (non-hydrogen) atoms. The number of pyridine rings is 1. The number of aryl methyl sites for hydroxylation is 1. The highest BCUT2D eigenvalue weighted by Gasteiger charge is 2.09. The van der Waals surface area contributed by atoms with Gasteiger partial charge in [-0.2, -0.15) is 0 Å². The van der Waals surface area contributed by atoms with Gasteiger partial charge in [-0.05, 0) is 43.5 Å². The predicted octanol–water partition coefficient (Wildman–Crippen LogP) is 4.24. The van der Waals surface area contributed by atoms with E-state index in [2.05, 4.69) is 24.0 Å². The van der Waals surface area contributed by atoms with Crippen LogP contribution in [-0.4, -0.2) is 4.98 Å². The maximum atomic E-state index is 5.93. The molecule has 0 aliphatic rings. The molecule has 0 aliphatic carbocycles. The first-order valence-corrected chi connectivity index (χ1v) is 7.18. The second-order valence-electron chi connectivity index (χ2n) is 5.04. The second-order valence-corrected chi connectivity index (χ2v) is 5.04. The molecule has 106 valence electrons. The summed E-state index contributed by atoms with van der Waals surface area (Å²) in [5.74, 6) is 1.38. The summed E-state index contributed by atoms with van der Waals surface area (Å²) in [6, 6.07) is 11.9. The summed E-state index contributed by atoms with van der Waals surface area (Å²) in [6.07, 6.45) is 5.27. The van der Waals surface area contributed by atoms with Gasteiger partial charge < -0.3 is 10.5 Å². The van der Waals surface area contributed by atoms with Crippen LogP contribution >= 0.6 is 0 Å². The van der Waals surface area contributed by atoms with Crippen LogP contribution in [0.25, 0.3) is 0 Å². The third kappa shape index (κ3) is 3.81. The van der Waals surface area contributed by atoms with Crippen LogP contribution in [0.1, 0.15) is 43.9 Å². The molecule has 1 aromatic carbocycles. The van der Waals surface area contributed by atoms with Crippen LogP contribution < -0.4 is 10.5 Å². The Morgan fingerprint density at radius 1 is 1.20 bits per heavy atom. The van der Waals surface area contributed by atoms with Crippen LogP contribution in [0.4, 0.5) is 0 Å². The Balaban J connectivity index is 2.10. The molecule has 3 heteroatoms. The molecule has 1 atom stereocenters. The summed E-state index contributed by atoms with van der Waals surface area (Å²) in [4.78, 5) is 4.27. The molecule has 0 spiro atoms. The molecule has 1 heterocycles. The van der Waals surface area contributed by atoms with Gasteiger partial charge in [-0.25, -0.2) is 4.98 Å².